The molecule has 0 radical (unpaired) electrons. The van der Waals surface area contributed by atoms with Gasteiger partial charge in [-0.15, -0.1) is 0 Å². The van der Waals surface area contributed by atoms with Gasteiger partial charge in [0, 0.05) is 18.8 Å². The molecule has 0 aliphatic rings. The molecule has 0 saturated carbocycles. The van der Waals surface area contributed by atoms with Crippen LogP contribution >= 0.6 is 0 Å². The number of hydrogen-bond acceptors (Lipinski definition) is 4. The number of benzene rings is 2. The summed E-state index contributed by atoms with van der Waals surface area (Å²) in [6, 6.07) is 23.1. The van der Waals surface area contributed by atoms with E-state index in [9.17, 15) is 9.59 Å². The molecule has 2 aromatic carbocycles. The number of aromatic nitrogens is 1. The molecule has 1 aromatic heterocycles. The molecule has 144 valence electrons. The number of rotatable bonds is 6. The van der Waals surface area contributed by atoms with Crippen molar-refractivity contribution in [2.75, 3.05) is 11.9 Å². The van der Waals surface area contributed by atoms with Gasteiger partial charge in [0.15, 0.2) is 0 Å². The van der Waals surface area contributed by atoms with Gasteiger partial charge in [-0.3, -0.25) is 9.59 Å². The summed E-state index contributed by atoms with van der Waals surface area (Å²) in [7, 11) is 0. The molecule has 6 heteroatoms. The maximum Gasteiger partial charge on any atom is 0.274 e. The smallest absolute Gasteiger partial charge is 0.274 e. The minimum atomic E-state index is -0.444. The summed E-state index contributed by atoms with van der Waals surface area (Å²) in [6.45, 7) is 2.89. The van der Waals surface area contributed by atoms with E-state index in [-0.39, 0.29) is 17.3 Å². The van der Waals surface area contributed by atoms with Crippen LogP contribution in [-0.4, -0.2) is 28.2 Å². The lowest BCUT2D eigenvalue weighted by Gasteiger charge is -2.20. The van der Waals surface area contributed by atoms with Crippen LogP contribution in [0.2, 0.25) is 0 Å². The number of nitrogens with one attached hydrogen (secondary N) is 1. The van der Waals surface area contributed by atoms with Crippen LogP contribution in [0.1, 0.15) is 39.0 Å². The van der Waals surface area contributed by atoms with Crippen molar-refractivity contribution < 1.29 is 9.59 Å². The lowest BCUT2D eigenvalue weighted by atomic mass is 10.2. The number of carbonyl (C=O) groups is 2. The molecule has 0 fully saturated rings. The van der Waals surface area contributed by atoms with Gasteiger partial charge in [0.25, 0.3) is 11.8 Å². The van der Waals surface area contributed by atoms with Crippen LogP contribution < -0.4 is 5.32 Å². The van der Waals surface area contributed by atoms with E-state index >= 15 is 0 Å². The van der Waals surface area contributed by atoms with Crippen molar-refractivity contribution in [2.45, 2.75) is 13.5 Å². The van der Waals surface area contributed by atoms with Gasteiger partial charge in [-0.2, -0.15) is 5.26 Å². The molecule has 1 heterocycles. The molecule has 6 nitrogen and oxygen atoms in total. The third kappa shape index (κ3) is 5.05. The van der Waals surface area contributed by atoms with Gasteiger partial charge >= 0.3 is 0 Å². The summed E-state index contributed by atoms with van der Waals surface area (Å²) < 4.78 is 0. The first kappa shape index (κ1) is 19.8. The molecule has 2 amide bonds. The number of hydrogen-bond donors (Lipinski definition) is 1. The van der Waals surface area contributed by atoms with Gasteiger partial charge in [0.2, 0.25) is 0 Å². The monoisotopic (exact) mass is 384 g/mol. The Morgan fingerprint density at radius 1 is 1.00 bits per heavy atom. The summed E-state index contributed by atoms with van der Waals surface area (Å²) in [6.07, 6.45) is 0. The van der Waals surface area contributed by atoms with E-state index in [1.54, 1.807) is 47.4 Å². The first-order valence-electron chi connectivity index (χ1n) is 9.22. The van der Waals surface area contributed by atoms with Crippen molar-refractivity contribution in [1.82, 2.24) is 9.88 Å². The highest BCUT2D eigenvalue weighted by Gasteiger charge is 2.18. The minimum Gasteiger partial charge on any atom is -0.333 e. The number of nitriles is 1. The normalized spacial score (nSPS) is 10.1. The van der Waals surface area contributed by atoms with Crippen molar-refractivity contribution in [2.24, 2.45) is 0 Å². The van der Waals surface area contributed by atoms with E-state index in [1.165, 1.54) is 0 Å². The zero-order valence-electron chi connectivity index (χ0n) is 16.0. The predicted octanol–water partition coefficient (Wildman–Crippen LogP) is 3.87. The molecular formula is C23H20N4O2. The van der Waals surface area contributed by atoms with Crippen LogP contribution in [-0.2, 0) is 6.54 Å². The molecular weight excluding hydrogens is 364 g/mol. The van der Waals surface area contributed by atoms with E-state index in [1.807, 2.05) is 43.3 Å². The summed E-state index contributed by atoms with van der Waals surface area (Å²) in [5.74, 6) is -0.682. The average Bonchev–Trinajstić information content (AvgIpc) is 2.78. The van der Waals surface area contributed by atoms with E-state index < -0.39 is 5.91 Å². The Hall–Kier alpha value is -3.98. The molecule has 0 aliphatic carbocycles. The lowest BCUT2D eigenvalue weighted by Crippen LogP contribution is -2.31. The van der Waals surface area contributed by atoms with Crippen molar-refractivity contribution >= 4 is 17.5 Å². The maximum absolute atomic E-state index is 12.9. The highest BCUT2D eigenvalue weighted by Crippen LogP contribution is 2.13. The summed E-state index contributed by atoms with van der Waals surface area (Å²) >= 11 is 0. The van der Waals surface area contributed by atoms with E-state index in [4.69, 9.17) is 5.26 Å². The molecule has 3 rings (SSSR count). The topological polar surface area (TPSA) is 86.1 Å². The second kappa shape index (κ2) is 9.29. The number of amides is 2. The zero-order chi connectivity index (χ0) is 20.6. The molecule has 1 N–H and O–H groups in total. The second-order valence-electron chi connectivity index (χ2n) is 6.36. The van der Waals surface area contributed by atoms with Crippen molar-refractivity contribution in [3.8, 4) is 6.07 Å². The number of anilines is 1. The number of carbonyl (C=O) groups excluding carboxylic acids is 2. The van der Waals surface area contributed by atoms with Gasteiger partial charge in [-0.1, -0.05) is 42.5 Å². The largest absolute Gasteiger partial charge is 0.333 e. The molecule has 0 spiro atoms. The molecule has 3 aromatic rings. The standard InChI is InChI=1S/C23H20N4O2/c1-2-27(16-17-8-4-3-5-9-17)23(29)21-13-7-12-20(26-21)22(28)25-19-11-6-10-18(14-19)15-24/h3-14H,2,16H2,1H3,(H,25,28). The SMILES string of the molecule is CCN(Cc1ccccc1)C(=O)c1cccc(C(=O)Nc2cccc(C#N)c2)n1. The molecule has 0 bridgehead atoms. The van der Waals surface area contributed by atoms with Crippen molar-refractivity contribution in [1.29, 1.82) is 5.26 Å². The summed E-state index contributed by atoms with van der Waals surface area (Å²) in [4.78, 5) is 31.4. The first-order chi connectivity index (χ1) is 14.1. The highest BCUT2D eigenvalue weighted by atomic mass is 16.2. The first-order valence-corrected chi connectivity index (χ1v) is 9.22. The maximum atomic E-state index is 12.9. The second-order valence-corrected chi connectivity index (χ2v) is 6.36. The average molecular weight is 384 g/mol. The van der Waals surface area contributed by atoms with Gasteiger partial charge < -0.3 is 10.2 Å². The van der Waals surface area contributed by atoms with Crippen LogP contribution in [0.5, 0.6) is 0 Å². The molecule has 0 unspecified atom stereocenters. The van der Waals surface area contributed by atoms with Gasteiger partial charge in [-0.05, 0) is 42.8 Å². The third-order valence-corrected chi connectivity index (χ3v) is 4.34. The quantitative estimate of drug-likeness (QED) is 0.699. The molecule has 0 atom stereocenters. The Balaban J connectivity index is 1.76. The summed E-state index contributed by atoms with van der Waals surface area (Å²) in [5.41, 5.74) is 2.30. The predicted molar refractivity (Wildman–Crippen MR) is 110 cm³/mol. The van der Waals surface area contributed by atoms with Gasteiger partial charge in [0.05, 0.1) is 11.6 Å². The fourth-order valence-electron chi connectivity index (χ4n) is 2.83. The van der Waals surface area contributed by atoms with Crippen molar-refractivity contribution in [3.63, 3.8) is 0 Å². The van der Waals surface area contributed by atoms with Crippen LogP contribution in [0.25, 0.3) is 0 Å². The van der Waals surface area contributed by atoms with E-state index in [2.05, 4.69) is 10.3 Å². The van der Waals surface area contributed by atoms with Crippen LogP contribution in [0, 0.1) is 11.3 Å². The minimum absolute atomic E-state index is 0.133. The Kier molecular flexibility index (Phi) is 6.33. The van der Waals surface area contributed by atoms with E-state index in [0.717, 1.165) is 5.56 Å². The van der Waals surface area contributed by atoms with Gasteiger partial charge in [-0.25, -0.2) is 4.98 Å². The molecule has 29 heavy (non-hydrogen) atoms. The van der Waals surface area contributed by atoms with Crippen LogP contribution in [0.15, 0.2) is 72.8 Å². The van der Waals surface area contributed by atoms with Crippen LogP contribution in [0.4, 0.5) is 5.69 Å². The highest BCUT2D eigenvalue weighted by molar-refractivity contribution is 6.03. The fraction of sp³-hybridized carbons (Fsp3) is 0.130. The Bertz CT molecular complexity index is 1060. The fourth-order valence-corrected chi connectivity index (χ4v) is 2.83. The van der Waals surface area contributed by atoms with Crippen LogP contribution in [0.3, 0.4) is 0 Å². The third-order valence-electron chi connectivity index (χ3n) is 4.34. The lowest BCUT2D eigenvalue weighted by molar-refractivity contribution is 0.0746. The number of nitrogens with zero attached hydrogens (tertiary/aromatic N) is 3. The molecule has 0 saturated heterocycles. The Morgan fingerprint density at radius 3 is 2.45 bits per heavy atom. The molecule has 0 aliphatic heterocycles. The Morgan fingerprint density at radius 2 is 1.72 bits per heavy atom. The Labute approximate surface area is 169 Å². The summed E-state index contributed by atoms with van der Waals surface area (Å²) in [5, 5.41) is 11.7. The zero-order valence-corrected chi connectivity index (χ0v) is 16.0. The van der Waals surface area contributed by atoms with E-state index in [0.29, 0.717) is 24.3 Å². The van der Waals surface area contributed by atoms with Crippen molar-refractivity contribution in [3.05, 3.63) is 95.3 Å². The van der Waals surface area contributed by atoms with Gasteiger partial charge in [0.1, 0.15) is 11.4 Å². The number of pyridine rings is 1.